The van der Waals surface area contributed by atoms with Crippen LogP contribution in [0, 0.1) is 6.92 Å². The van der Waals surface area contributed by atoms with Crippen LogP contribution in [0.25, 0.3) is 0 Å². The lowest BCUT2D eigenvalue weighted by molar-refractivity contribution is -0.153. The molecule has 1 aromatic carbocycles. The minimum atomic E-state index is -1.10. The molecule has 0 heterocycles. The molecule has 0 aliphatic heterocycles. The standard InChI is InChI=1S/C12H11ClO3/c1-7-3-2-4-9(13)10(7)12(11(15)16)5-8(14)6-12/h2-4H,5-6H2,1H3,(H,15,16). The molecule has 1 aromatic rings. The van der Waals surface area contributed by atoms with Crippen LogP contribution in [-0.2, 0) is 15.0 Å². The number of aryl methyl sites for hydroxylation is 1. The number of Topliss-reactive ketones (excluding diaryl/α,β-unsaturated/α-hetero) is 1. The topological polar surface area (TPSA) is 54.4 Å². The predicted octanol–water partition coefficient (Wildman–Crippen LogP) is 2.33. The van der Waals surface area contributed by atoms with Crippen LogP contribution in [0.1, 0.15) is 24.0 Å². The number of rotatable bonds is 2. The van der Waals surface area contributed by atoms with Gasteiger partial charge < -0.3 is 5.11 Å². The van der Waals surface area contributed by atoms with Crippen molar-refractivity contribution in [2.75, 3.05) is 0 Å². The zero-order valence-corrected chi connectivity index (χ0v) is 9.54. The average Bonchev–Trinajstić information content (AvgIpc) is 2.13. The molecule has 0 radical (unpaired) electrons. The fraction of sp³-hybridized carbons (Fsp3) is 0.333. The molecule has 0 unspecified atom stereocenters. The van der Waals surface area contributed by atoms with E-state index in [0.717, 1.165) is 5.56 Å². The first-order chi connectivity index (χ1) is 7.47. The van der Waals surface area contributed by atoms with Gasteiger partial charge >= 0.3 is 5.97 Å². The fourth-order valence-electron chi connectivity index (χ4n) is 2.29. The molecule has 1 N–H and O–H groups in total. The van der Waals surface area contributed by atoms with Gasteiger partial charge in [0.05, 0.1) is 0 Å². The number of benzene rings is 1. The number of ketones is 1. The van der Waals surface area contributed by atoms with Gasteiger partial charge in [-0.15, -0.1) is 0 Å². The monoisotopic (exact) mass is 238 g/mol. The van der Waals surface area contributed by atoms with Gasteiger partial charge in [-0.05, 0) is 24.1 Å². The summed E-state index contributed by atoms with van der Waals surface area (Å²) in [6.07, 6.45) is 0.0970. The summed E-state index contributed by atoms with van der Waals surface area (Å²) in [5.41, 5.74) is 0.311. The quantitative estimate of drug-likeness (QED) is 0.860. The Morgan fingerprint density at radius 3 is 2.50 bits per heavy atom. The Balaban J connectivity index is 2.57. The Morgan fingerprint density at radius 1 is 1.44 bits per heavy atom. The largest absolute Gasteiger partial charge is 0.481 e. The van der Waals surface area contributed by atoms with E-state index >= 15 is 0 Å². The van der Waals surface area contributed by atoms with Crippen molar-refractivity contribution in [3.63, 3.8) is 0 Å². The molecule has 1 aliphatic carbocycles. The van der Waals surface area contributed by atoms with Crippen LogP contribution in [-0.4, -0.2) is 16.9 Å². The van der Waals surface area contributed by atoms with E-state index < -0.39 is 11.4 Å². The molecule has 0 aromatic heterocycles. The molecule has 2 rings (SSSR count). The number of hydrogen-bond acceptors (Lipinski definition) is 2. The highest BCUT2D eigenvalue weighted by Crippen LogP contribution is 2.45. The van der Waals surface area contributed by atoms with Gasteiger partial charge in [-0.2, -0.15) is 0 Å². The van der Waals surface area contributed by atoms with Gasteiger partial charge in [0.2, 0.25) is 0 Å². The van der Waals surface area contributed by atoms with Crippen molar-refractivity contribution in [2.45, 2.75) is 25.2 Å². The summed E-state index contributed by atoms with van der Waals surface area (Å²) in [7, 11) is 0. The third kappa shape index (κ3) is 1.43. The summed E-state index contributed by atoms with van der Waals surface area (Å²) in [5.74, 6) is -0.995. The zero-order valence-electron chi connectivity index (χ0n) is 8.79. The number of aliphatic carboxylic acids is 1. The van der Waals surface area contributed by atoms with Crippen molar-refractivity contribution in [1.82, 2.24) is 0 Å². The number of carboxylic acid groups (broad SMARTS) is 1. The van der Waals surface area contributed by atoms with E-state index in [0.29, 0.717) is 10.6 Å². The van der Waals surface area contributed by atoms with Gasteiger partial charge in [0.1, 0.15) is 11.2 Å². The molecule has 1 aliphatic rings. The second kappa shape index (κ2) is 3.59. The van der Waals surface area contributed by atoms with Crippen molar-refractivity contribution in [2.24, 2.45) is 0 Å². The van der Waals surface area contributed by atoms with E-state index in [1.807, 2.05) is 13.0 Å². The highest BCUT2D eigenvalue weighted by molar-refractivity contribution is 6.32. The van der Waals surface area contributed by atoms with Crippen LogP contribution in [0.15, 0.2) is 18.2 Å². The van der Waals surface area contributed by atoms with Crippen molar-refractivity contribution in [3.8, 4) is 0 Å². The number of carbonyl (C=O) groups is 2. The summed E-state index contributed by atoms with van der Waals surface area (Å²) >= 11 is 6.04. The first-order valence-corrected chi connectivity index (χ1v) is 5.36. The maximum atomic E-state index is 11.3. The van der Waals surface area contributed by atoms with Crippen LogP contribution in [0.3, 0.4) is 0 Å². The van der Waals surface area contributed by atoms with E-state index in [-0.39, 0.29) is 18.6 Å². The molecule has 0 saturated heterocycles. The third-order valence-electron chi connectivity index (χ3n) is 3.11. The Bertz CT molecular complexity index is 451. The third-order valence-corrected chi connectivity index (χ3v) is 3.42. The first kappa shape index (κ1) is 11.1. The van der Waals surface area contributed by atoms with E-state index in [2.05, 4.69) is 0 Å². The minimum absolute atomic E-state index is 0.0262. The highest BCUT2D eigenvalue weighted by atomic mass is 35.5. The molecule has 16 heavy (non-hydrogen) atoms. The van der Waals surface area contributed by atoms with E-state index in [4.69, 9.17) is 11.6 Å². The van der Waals surface area contributed by atoms with Crippen LogP contribution in [0.4, 0.5) is 0 Å². The minimum Gasteiger partial charge on any atom is -0.481 e. The zero-order chi connectivity index (χ0) is 11.9. The van der Waals surface area contributed by atoms with Crippen molar-refractivity contribution >= 4 is 23.4 Å². The Hall–Kier alpha value is -1.35. The second-order valence-corrected chi connectivity index (χ2v) is 4.62. The lowest BCUT2D eigenvalue weighted by Crippen LogP contribution is -2.48. The van der Waals surface area contributed by atoms with Crippen LogP contribution in [0.2, 0.25) is 5.02 Å². The second-order valence-electron chi connectivity index (χ2n) is 4.21. The summed E-state index contributed by atoms with van der Waals surface area (Å²) in [6.45, 7) is 1.81. The molecule has 1 saturated carbocycles. The summed E-state index contributed by atoms with van der Waals surface area (Å²) in [5, 5.41) is 9.72. The van der Waals surface area contributed by atoms with Crippen molar-refractivity contribution in [1.29, 1.82) is 0 Å². The summed E-state index contributed by atoms with van der Waals surface area (Å²) in [6, 6.07) is 5.25. The molecule has 0 amide bonds. The van der Waals surface area contributed by atoms with Crippen LogP contribution in [0.5, 0.6) is 0 Å². The molecule has 0 bridgehead atoms. The number of carboxylic acids is 1. The first-order valence-electron chi connectivity index (χ1n) is 4.98. The van der Waals surface area contributed by atoms with Gasteiger partial charge in [0.15, 0.2) is 0 Å². The molecule has 0 atom stereocenters. The maximum Gasteiger partial charge on any atom is 0.315 e. The van der Waals surface area contributed by atoms with Gasteiger partial charge in [-0.1, -0.05) is 23.7 Å². The summed E-state index contributed by atoms with van der Waals surface area (Å²) in [4.78, 5) is 22.5. The van der Waals surface area contributed by atoms with Crippen molar-refractivity contribution in [3.05, 3.63) is 34.3 Å². The number of carbonyl (C=O) groups excluding carboxylic acids is 1. The SMILES string of the molecule is Cc1cccc(Cl)c1C1(C(=O)O)CC(=O)C1. The number of halogens is 1. The van der Waals surface area contributed by atoms with Gasteiger partial charge in [0.25, 0.3) is 0 Å². The molecule has 3 nitrogen and oxygen atoms in total. The summed E-state index contributed by atoms with van der Waals surface area (Å²) < 4.78 is 0. The smallest absolute Gasteiger partial charge is 0.315 e. The number of hydrogen-bond donors (Lipinski definition) is 1. The van der Waals surface area contributed by atoms with Gasteiger partial charge in [0, 0.05) is 17.9 Å². The predicted molar refractivity (Wildman–Crippen MR) is 59.7 cm³/mol. The van der Waals surface area contributed by atoms with Crippen LogP contribution < -0.4 is 0 Å². The Labute approximate surface area is 98.0 Å². The van der Waals surface area contributed by atoms with Crippen LogP contribution >= 0.6 is 11.6 Å². The lowest BCUT2D eigenvalue weighted by Gasteiger charge is -2.38. The fourth-order valence-corrected chi connectivity index (χ4v) is 2.70. The molecular weight excluding hydrogens is 228 g/mol. The van der Waals surface area contributed by atoms with E-state index in [1.54, 1.807) is 12.1 Å². The maximum absolute atomic E-state index is 11.3. The van der Waals surface area contributed by atoms with Gasteiger partial charge in [-0.3, -0.25) is 9.59 Å². The highest BCUT2D eigenvalue weighted by Gasteiger charge is 2.53. The lowest BCUT2D eigenvalue weighted by atomic mass is 9.62. The van der Waals surface area contributed by atoms with E-state index in [1.165, 1.54) is 0 Å². The Kier molecular flexibility index (Phi) is 2.50. The molecular formula is C12H11ClO3. The molecule has 0 spiro atoms. The molecule has 4 heteroatoms. The van der Waals surface area contributed by atoms with E-state index in [9.17, 15) is 14.7 Å². The molecule has 1 fully saturated rings. The molecule has 84 valence electrons. The average molecular weight is 239 g/mol. The normalized spacial score (nSPS) is 18.0. The Morgan fingerprint density at radius 2 is 2.06 bits per heavy atom. The van der Waals surface area contributed by atoms with Gasteiger partial charge in [-0.25, -0.2) is 0 Å². The van der Waals surface area contributed by atoms with Crippen molar-refractivity contribution < 1.29 is 14.7 Å².